The van der Waals surface area contributed by atoms with Crippen molar-refractivity contribution in [1.82, 2.24) is 5.43 Å². The van der Waals surface area contributed by atoms with Crippen molar-refractivity contribution in [2.75, 3.05) is 0 Å². The van der Waals surface area contributed by atoms with Gasteiger partial charge in [0.25, 0.3) is 5.91 Å². The number of amides is 1. The van der Waals surface area contributed by atoms with Crippen LogP contribution < -0.4 is 5.43 Å². The normalized spacial score (nSPS) is 11.9. The molecule has 10 heteroatoms. The van der Waals surface area contributed by atoms with Crippen molar-refractivity contribution in [1.29, 1.82) is 5.26 Å². The van der Waals surface area contributed by atoms with E-state index in [1.54, 1.807) is 25.3 Å². The molecule has 0 aliphatic carbocycles. The topological polar surface area (TPSA) is 103 Å². The molecule has 6 nitrogen and oxygen atoms in total. The summed E-state index contributed by atoms with van der Waals surface area (Å²) < 4.78 is 0.948. The van der Waals surface area contributed by atoms with Crippen molar-refractivity contribution in [2.45, 2.75) is 20.3 Å². The first kappa shape index (κ1) is 27.1. The molecule has 0 saturated heterocycles. The first-order valence-corrected chi connectivity index (χ1v) is 11.8. The minimum absolute atomic E-state index is 0. The molecule has 2 heterocycles. The van der Waals surface area contributed by atoms with E-state index >= 15 is 0 Å². The first-order valence-electron chi connectivity index (χ1n) is 9.30. The third-order valence-electron chi connectivity index (χ3n) is 4.54. The Hall–Kier alpha value is -1.16. The number of carbonyl (C=O) groups excluding carboxylic acids is 2. The predicted molar refractivity (Wildman–Crippen MR) is 133 cm³/mol. The Balaban J connectivity index is 0.00000363. The van der Waals surface area contributed by atoms with E-state index in [-0.39, 0.29) is 62.9 Å². The molecule has 1 radical (unpaired) electrons. The van der Waals surface area contributed by atoms with Crippen molar-refractivity contribution in [2.24, 2.45) is 11.0 Å². The van der Waals surface area contributed by atoms with Gasteiger partial charge in [-0.25, -0.2) is 5.43 Å². The summed E-state index contributed by atoms with van der Waals surface area (Å²) in [5.74, 6) is -1.35. The number of hydrazone groups is 1. The van der Waals surface area contributed by atoms with Crippen LogP contribution in [0.2, 0.25) is 0 Å². The summed E-state index contributed by atoms with van der Waals surface area (Å²) in [4.78, 5) is 26.1. The number of ketones is 1. The van der Waals surface area contributed by atoms with E-state index in [0.717, 1.165) is 21.4 Å². The van der Waals surface area contributed by atoms with Crippen LogP contribution in [-0.4, -0.2) is 73.9 Å². The van der Waals surface area contributed by atoms with Crippen LogP contribution in [0.15, 0.2) is 51.4 Å². The number of aromatic hydroxyl groups is 1. The third-order valence-corrected chi connectivity index (χ3v) is 7.18. The average molecular weight is 556 g/mol. The number of halogens is 1. The van der Waals surface area contributed by atoms with E-state index < -0.39 is 11.8 Å². The molecule has 0 saturated carbocycles. The maximum absolute atomic E-state index is 12.4. The Morgan fingerprint density at radius 2 is 1.88 bits per heavy atom. The molecule has 0 bridgehead atoms. The number of thiophene rings is 2. The van der Waals surface area contributed by atoms with Gasteiger partial charge in [0.05, 0.1) is 32.0 Å². The van der Waals surface area contributed by atoms with Gasteiger partial charge in [0.2, 0.25) is 0 Å². The molecule has 1 atom stereocenters. The summed E-state index contributed by atoms with van der Waals surface area (Å²) in [6, 6.07) is 12.7. The minimum atomic E-state index is -0.712. The van der Waals surface area contributed by atoms with Crippen molar-refractivity contribution >= 4 is 107 Å². The molecular weight excluding hydrogens is 537 g/mol. The van der Waals surface area contributed by atoms with E-state index in [2.05, 4.69) is 26.5 Å². The van der Waals surface area contributed by atoms with E-state index in [1.807, 2.05) is 30.3 Å². The zero-order valence-electron chi connectivity index (χ0n) is 17.7. The standard InChI is InChI=1S/C22H18BrN3O3S2.K/c1-3-13(10-24)19(27)17-8-9-18(31-17)22(29)26-25-12(2)16-11-30-21(20(16)28)14-4-6-15(23)7-5-14;/h4-9,11,13,28H,3H2,1-2H3,(H,26,29);. The monoisotopic (exact) mass is 554 g/mol. The molecule has 1 unspecified atom stereocenters. The number of nitrogens with zero attached hydrogens (tertiary/aromatic N) is 2. The molecule has 0 fully saturated rings. The molecule has 32 heavy (non-hydrogen) atoms. The number of rotatable bonds is 7. The van der Waals surface area contributed by atoms with Crippen LogP contribution in [0, 0.1) is 17.2 Å². The molecule has 0 aliphatic heterocycles. The molecule has 0 spiro atoms. The van der Waals surface area contributed by atoms with E-state index in [1.165, 1.54) is 17.4 Å². The quantitative estimate of drug-likeness (QED) is 0.175. The zero-order chi connectivity index (χ0) is 22.5. The molecular formula is C22H18BrKN3O3S2. The number of Topliss-reactive ketones (excluding diaryl/α,β-unsaturated/α-hetero) is 1. The van der Waals surface area contributed by atoms with Crippen LogP contribution in [0.4, 0.5) is 0 Å². The molecule has 3 rings (SSSR count). The Morgan fingerprint density at radius 1 is 1.22 bits per heavy atom. The van der Waals surface area contributed by atoms with Crippen LogP contribution in [0.5, 0.6) is 5.75 Å². The van der Waals surface area contributed by atoms with E-state index in [0.29, 0.717) is 32.3 Å². The van der Waals surface area contributed by atoms with Gasteiger partial charge in [-0.05, 0) is 43.2 Å². The van der Waals surface area contributed by atoms with Gasteiger partial charge in [0.15, 0.2) is 5.78 Å². The van der Waals surface area contributed by atoms with Crippen molar-refractivity contribution in [3.05, 3.63) is 61.6 Å². The second-order valence-electron chi connectivity index (χ2n) is 6.59. The molecule has 1 aromatic carbocycles. The van der Waals surface area contributed by atoms with Gasteiger partial charge in [0, 0.05) is 61.2 Å². The summed E-state index contributed by atoms with van der Waals surface area (Å²) in [5, 5.41) is 25.5. The van der Waals surface area contributed by atoms with E-state index in [9.17, 15) is 14.7 Å². The predicted octanol–water partition coefficient (Wildman–Crippen LogP) is 5.45. The van der Waals surface area contributed by atoms with Crippen LogP contribution >= 0.6 is 38.6 Å². The van der Waals surface area contributed by atoms with Crippen LogP contribution in [0.3, 0.4) is 0 Å². The van der Waals surface area contributed by atoms with Gasteiger partial charge in [-0.1, -0.05) is 35.0 Å². The fourth-order valence-electron chi connectivity index (χ4n) is 2.76. The second kappa shape index (κ2) is 12.3. The van der Waals surface area contributed by atoms with Gasteiger partial charge in [0.1, 0.15) is 11.7 Å². The zero-order valence-corrected chi connectivity index (χ0v) is 24.0. The van der Waals surface area contributed by atoms with Gasteiger partial charge in [-0.2, -0.15) is 10.4 Å². The minimum Gasteiger partial charge on any atom is -0.506 e. The molecule has 2 N–H and O–H groups in total. The summed E-state index contributed by atoms with van der Waals surface area (Å²) >= 11 is 5.81. The van der Waals surface area contributed by atoms with Gasteiger partial charge >= 0.3 is 0 Å². The number of nitrogens with one attached hydrogen (secondary N) is 1. The van der Waals surface area contributed by atoms with Gasteiger partial charge in [-0.15, -0.1) is 22.7 Å². The number of benzene rings is 1. The van der Waals surface area contributed by atoms with Crippen molar-refractivity contribution < 1.29 is 14.7 Å². The second-order valence-corrected chi connectivity index (χ2v) is 9.47. The van der Waals surface area contributed by atoms with E-state index in [4.69, 9.17) is 5.26 Å². The maximum atomic E-state index is 12.4. The summed E-state index contributed by atoms with van der Waals surface area (Å²) in [7, 11) is 0. The van der Waals surface area contributed by atoms with Gasteiger partial charge < -0.3 is 5.11 Å². The summed E-state index contributed by atoms with van der Waals surface area (Å²) in [6.45, 7) is 3.46. The molecule has 1 amide bonds. The molecule has 159 valence electrons. The Kier molecular flexibility index (Phi) is 10.4. The number of nitriles is 1. The average Bonchev–Trinajstić information content (AvgIpc) is 3.40. The Labute approximate surface area is 244 Å². The third kappa shape index (κ3) is 6.24. The maximum Gasteiger partial charge on any atom is 0.281 e. The number of carbonyl (C=O) groups is 2. The Morgan fingerprint density at radius 3 is 2.50 bits per heavy atom. The Bertz CT molecular complexity index is 1200. The number of hydrogen-bond donors (Lipinski definition) is 2. The molecule has 0 aliphatic rings. The van der Waals surface area contributed by atoms with Gasteiger partial charge in [-0.3, -0.25) is 9.59 Å². The van der Waals surface area contributed by atoms with Crippen LogP contribution in [0.1, 0.15) is 45.2 Å². The van der Waals surface area contributed by atoms with Crippen molar-refractivity contribution in [3.63, 3.8) is 0 Å². The largest absolute Gasteiger partial charge is 0.506 e. The first-order chi connectivity index (χ1) is 14.8. The molecule has 2 aromatic heterocycles. The SMILES string of the molecule is CCC(C#N)C(=O)c1ccc(C(=O)NN=C(C)c2csc(-c3ccc(Br)cc3)c2O)s1.[K]. The van der Waals surface area contributed by atoms with Crippen LogP contribution in [-0.2, 0) is 0 Å². The van der Waals surface area contributed by atoms with Crippen molar-refractivity contribution in [3.8, 4) is 22.3 Å². The number of hydrogen-bond acceptors (Lipinski definition) is 7. The molecule has 3 aromatic rings. The smallest absolute Gasteiger partial charge is 0.281 e. The fourth-order valence-corrected chi connectivity index (χ4v) is 4.93. The fraction of sp³-hybridized carbons (Fsp3) is 0.182. The summed E-state index contributed by atoms with van der Waals surface area (Å²) in [6.07, 6.45) is 0.421. The van der Waals surface area contributed by atoms with Crippen LogP contribution in [0.25, 0.3) is 10.4 Å². The summed E-state index contributed by atoms with van der Waals surface area (Å²) in [5.41, 5.74) is 4.33.